The summed E-state index contributed by atoms with van der Waals surface area (Å²) in [5, 5.41) is 4.21. The molecule has 1 aromatic heterocycles. The summed E-state index contributed by atoms with van der Waals surface area (Å²) in [7, 11) is 0. The third-order valence-electron chi connectivity index (χ3n) is 4.80. The standard InChI is InChI=1S/C17H20ClN3O.ClH/c18-15-3-1-2-12(6-15)17-20-16(11-22-17)10-21-5-4-13-7-19-8-14(13)9-21;/h1-3,6,11,13-14,19H,4-5,7-10H2;1H. The minimum atomic E-state index is 0. The van der Waals surface area contributed by atoms with Crippen LogP contribution < -0.4 is 5.32 Å². The minimum Gasteiger partial charge on any atom is -0.444 e. The Hall–Kier alpha value is -1.07. The van der Waals surface area contributed by atoms with Gasteiger partial charge in [-0.3, -0.25) is 4.90 Å². The molecule has 0 amide bonds. The third-order valence-corrected chi connectivity index (χ3v) is 5.03. The number of nitrogens with one attached hydrogen (secondary N) is 1. The predicted molar refractivity (Wildman–Crippen MR) is 93.9 cm³/mol. The van der Waals surface area contributed by atoms with E-state index in [4.69, 9.17) is 16.0 Å². The Balaban J connectivity index is 0.00000156. The van der Waals surface area contributed by atoms with E-state index in [1.165, 1.54) is 13.0 Å². The first-order valence-corrected chi connectivity index (χ1v) is 8.29. The molecule has 0 bridgehead atoms. The highest BCUT2D eigenvalue weighted by Gasteiger charge is 2.32. The van der Waals surface area contributed by atoms with Crippen molar-refractivity contribution in [1.82, 2.24) is 15.2 Å². The zero-order valence-electron chi connectivity index (χ0n) is 12.9. The van der Waals surface area contributed by atoms with Crippen molar-refractivity contribution >= 4 is 24.0 Å². The molecule has 1 aromatic carbocycles. The average molecular weight is 354 g/mol. The first-order chi connectivity index (χ1) is 10.8. The highest BCUT2D eigenvalue weighted by atomic mass is 35.5. The van der Waals surface area contributed by atoms with E-state index in [-0.39, 0.29) is 12.4 Å². The first-order valence-electron chi connectivity index (χ1n) is 7.91. The minimum absolute atomic E-state index is 0. The summed E-state index contributed by atoms with van der Waals surface area (Å²) in [4.78, 5) is 7.11. The van der Waals surface area contributed by atoms with Crippen LogP contribution in [0, 0.1) is 11.8 Å². The molecule has 4 rings (SSSR count). The lowest BCUT2D eigenvalue weighted by atomic mass is 9.89. The molecular weight excluding hydrogens is 333 g/mol. The number of benzene rings is 1. The fraction of sp³-hybridized carbons (Fsp3) is 0.471. The number of hydrogen-bond acceptors (Lipinski definition) is 4. The molecular formula is C17H21Cl2N3O. The van der Waals surface area contributed by atoms with Crippen LogP contribution in [0.25, 0.3) is 11.5 Å². The van der Waals surface area contributed by atoms with Crippen LogP contribution in [0.2, 0.25) is 5.02 Å². The Bertz CT molecular complexity index is 661. The van der Waals surface area contributed by atoms with Crippen molar-refractivity contribution in [2.75, 3.05) is 26.2 Å². The number of oxazole rings is 1. The topological polar surface area (TPSA) is 41.3 Å². The van der Waals surface area contributed by atoms with E-state index in [9.17, 15) is 0 Å². The van der Waals surface area contributed by atoms with Crippen molar-refractivity contribution in [3.8, 4) is 11.5 Å². The second-order valence-electron chi connectivity index (χ2n) is 6.36. The van der Waals surface area contributed by atoms with Crippen LogP contribution in [0.4, 0.5) is 0 Å². The first kappa shape index (κ1) is 16.8. The van der Waals surface area contributed by atoms with Gasteiger partial charge in [0, 0.05) is 23.7 Å². The lowest BCUT2D eigenvalue weighted by Gasteiger charge is -2.33. The maximum Gasteiger partial charge on any atom is 0.226 e. The van der Waals surface area contributed by atoms with Crippen molar-refractivity contribution in [3.05, 3.63) is 41.2 Å². The summed E-state index contributed by atoms with van der Waals surface area (Å²) < 4.78 is 5.63. The molecule has 4 nitrogen and oxygen atoms in total. The maximum absolute atomic E-state index is 6.03. The molecule has 2 aromatic rings. The van der Waals surface area contributed by atoms with E-state index in [1.807, 2.05) is 24.3 Å². The molecule has 1 N–H and O–H groups in total. The van der Waals surface area contributed by atoms with E-state index < -0.39 is 0 Å². The molecule has 2 saturated heterocycles. The lowest BCUT2D eigenvalue weighted by molar-refractivity contribution is 0.141. The van der Waals surface area contributed by atoms with Crippen LogP contribution in [0.1, 0.15) is 12.1 Å². The van der Waals surface area contributed by atoms with Crippen molar-refractivity contribution in [2.24, 2.45) is 11.8 Å². The van der Waals surface area contributed by atoms with Gasteiger partial charge >= 0.3 is 0 Å². The second-order valence-corrected chi connectivity index (χ2v) is 6.79. The van der Waals surface area contributed by atoms with Crippen LogP contribution in [-0.4, -0.2) is 36.1 Å². The van der Waals surface area contributed by atoms with E-state index >= 15 is 0 Å². The number of fused-ring (bicyclic) bond motifs is 1. The molecule has 124 valence electrons. The second kappa shape index (κ2) is 7.22. The van der Waals surface area contributed by atoms with Gasteiger partial charge in [0.2, 0.25) is 5.89 Å². The summed E-state index contributed by atoms with van der Waals surface area (Å²) in [6, 6.07) is 7.62. The Labute approximate surface area is 147 Å². The van der Waals surface area contributed by atoms with E-state index in [0.29, 0.717) is 10.9 Å². The summed E-state index contributed by atoms with van der Waals surface area (Å²) in [5.74, 6) is 2.32. The fourth-order valence-electron chi connectivity index (χ4n) is 3.62. The normalized spacial score (nSPS) is 24.2. The molecule has 2 aliphatic rings. The van der Waals surface area contributed by atoms with Gasteiger partial charge in [-0.15, -0.1) is 12.4 Å². The van der Waals surface area contributed by atoms with Gasteiger partial charge in [0.15, 0.2) is 0 Å². The third kappa shape index (κ3) is 3.72. The van der Waals surface area contributed by atoms with Gasteiger partial charge in [-0.25, -0.2) is 4.98 Å². The number of nitrogens with zero attached hydrogens (tertiary/aromatic N) is 2. The molecule has 6 heteroatoms. The Morgan fingerprint density at radius 1 is 1.30 bits per heavy atom. The summed E-state index contributed by atoms with van der Waals surface area (Å²) >= 11 is 6.03. The van der Waals surface area contributed by atoms with Gasteiger partial charge in [0.1, 0.15) is 6.26 Å². The van der Waals surface area contributed by atoms with Gasteiger partial charge in [-0.05, 0) is 56.1 Å². The van der Waals surface area contributed by atoms with Crippen molar-refractivity contribution < 1.29 is 4.42 Å². The number of likely N-dealkylation sites (tertiary alicyclic amines) is 1. The van der Waals surface area contributed by atoms with Gasteiger partial charge < -0.3 is 9.73 Å². The Morgan fingerprint density at radius 3 is 3.04 bits per heavy atom. The van der Waals surface area contributed by atoms with E-state index in [2.05, 4.69) is 15.2 Å². The van der Waals surface area contributed by atoms with Crippen molar-refractivity contribution in [1.29, 1.82) is 0 Å². The highest BCUT2D eigenvalue weighted by Crippen LogP contribution is 2.28. The number of aromatic nitrogens is 1. The Morgan fingerprint density at radius 2 is 2.17 bits per heavy atom. The molecule has 2 atom stereocenters. The molecule has 2 unspecified atom stereocenters. The smallest absolute Gasteiger partial charge is 0.226 e. The lowest BCUT2D eigenvalue weighted by Crippen LogP contribution is -2.39. The van der Waals surface area contributed by atoms with Crippen LogP contribution in [-0.2, 0) is 6.54 Å². The summed E-state index contributed by atoms with van der Waals surface area (Å²) in [6.45, 7) is 5.54. The molecule has 23 heavy (non-hydrogen) atoms. The molecule has 2 aliphatic heterocycles. The molecule has 2 fully saturated rings. The van der Waals surface area contributed by atoms with Crippen LogP contribution >= 0.6 is 24.0 Å². The van der Waals surface area contributed by atoms with E-state index in [1.54, 1.807) is 6.26 Å². The van der Waals surface area contributed by atoms with Crippen LogP contribution in [0.15, 0.2) is 34.9 Å². The zero-order chi connectivity index (χ0) is 14.9. The summed E-state index contributed by atoms with van der Waals surface area (Å²) in [5.41, 5.74) is 1.93. The Kier molecular flexibility index (Phi) is 5.27. The fourth-order valence-corrected chi connectivity index (χ4v) is 3.81. The largest absolute Gasteiger partial charge is 0.444 e. The van der Waals surface area contributed by atoms with Crippen molar-refractivity contribution in [2.45, 2.75) is 13.0 Å². The zero-order valence-corrected chi connectivity index (χ0v) is 14.4. The van der Waals surface area contributed by atoms with E-state index in [0.717, 1.165) is 49.3 Å². The molecule has 0 aliphatic carbocycles. The quantitative estimate of drug-likeness (QED) is 0.917. The predicted octanol–water partition coefficient (Wildman–Crippen LogP) is 3.46. The van der Waals surface area contributed by atoms with Gasteiger partial charge in [0.25, 0.3) is 0 Å². The maximum atomic E-state index is 6.03. The summed E-state index contributed by atoms with van der Waals surface area (Å²) in [6.07, 6.45) is 3.06. The monoisotopic (exact) mass is 353 g/mol. The molecule has 3 heterocycles. The molecule has 0 radical (unpaired) electrons. The van der Waals surface area contributed by atoms with Crippen LogP contribution in [0.3, 0.4) is 0 Å². The number of hydrogen-bond donors (Lipinski definition) is 1. The highest BCUT2D eigenvalue weighted by molar-refractivity contribution is 6.30. The average Bonchev–Trinajstić information content (AvgIpc) is 3.16. The van der Waals surface area contributed by atoms with Gasteiger partial charge in [-0.1, -0.05) is 17.7 Å². The van der Waals surface area contributed by atoms with Crippen LogP contribution in [0.5, 0.6) is 0 Å². The van der Waals surface area contributed by atoms with Gasteiger partial charge in [-0.2, -0.15) is 0 Å². The molecule has 0 spiro atoms. The number of rotatable bonds is 3. The number of halogens is 2. The SMILES string of the molecule is Cl.Clc1cccc(-c2nc(CN3CCC4CNCC4C3)co2)c1. The van der Waals surface area contributed by atoms with Gasteiger partial charge in [0.05, 0.1) is 5.69 Å². The number of piperidine rings is 1. The van der Waals surface area contributed by atoms with Crippen molar-refractivity contribution in [3.63, 3.8) is 0 Å². The molecule has 0 saturated carbocycles.